The van der Waals surface area contributed by atoms with Crippen molar-refractivity contribution in [3.8, 4) is 0 Å². The molecule has 1 heterocycles. The van der Waals surface area contributed by atoms with Crippen LogP contribution >= 0.6 is 11.6 Å². The zero-order valence-electron chi connectivity index (χ0n) is 15.0. The molecule has 0 N–H and O–H groups in total. The van der Waals surface area contributed by atoms with Gasteiger partial charge in [-0.25, -0.2) is 0 Å². The van der Waals surface area contributed by atoms with Gasteiger partial charge >= 0.3 is 0 Å². The molecule has 1 aliphatic heterocycles. The van der Waals surface area contributed by atoms with E-state index in [0.717, 1.165) is 17.1 Å². The van der Waals surface area contributed by atoms with Crippen LogP contribution in [0.25, 0.3) is 5.70 Å². The summed E-state index contributed by atoms with van der Waals surface area (Å²) in [4.78, 5) is 11.9. The number of hydrogen-bond donors (Lipinski definition) is 0. The zero-order valence-corrected chi connectivity index (χ0v) is 15.8. The minimum atomic E-state index is -0.318. The Bertz CT molecular complexity index is 559. The molecule has 0 spiro atoms. The normalized spacial score (nSPS) is 16.8. The molecule has 1 aromatic rings. The summed E-state index contributed by atoms with van der Waals surface area (Å²) in [6.45, 7) is 11.6. The molecule has 0 radical (unpaired) electrons. The van der Waals surface area contributed by atoms with Crippen LogP contribution in [-0.4, -0.2) is 30.6 Å². The fourth-order valence-electron chi connectivity index (χ4n) is 2.23. The summed E-state index contributed by atoms with van der Waals surface area (Å²) < 4.78 is 4.55. The third-order valence-electron chi connectivity index (χ3n) is 3.58. The van der Waals surface area contributed by atoms with E-state index >= 15 is 0 Å². The molecule has 0 atom stereocenters. The maximum atomic E-state index is 9.60. The number of allylic oxidation sites excluding steroid dienone is 1. The van der Waals surface area contributed by atoms with Gasteiger partial charge in [0.05, 0.1) is 0 Å². The van der Waals surface area contributed by atoms with Gasteiger partial charge in [0.1, 0.15) is 5.60 Å². The van der Waals surface area contributed by atoms with Gasteiger partial charge in [-0.05, 0) is 38.7 Å². The van der Waals surface area contributed by atoms with E-state index in [1.165, 1.54) is 12.1 Å². The average molecular weight is 338 g/mol. The van der Waals surface area contributed by atoms with Crippen LogP contribution in [0.4, 0.5) is 0 Å². The molecule has 3 nitrogen and oxygen atoms in total. The molecule has 128 valence electrons. The maximum absolute atomic E-state index is 9.60. The summed E-state index contributed by atoms with van der Waals surface area (Å²) in [5.74, 6) is 0. The SMILES string of the molecule is CC(C)(C)OC=O.CN1CCC(C)(C)C=C1c1ccccc1Cl. The standard InChI is InChI=1S/C14H18ClN.C5H10O2/c1-14(2)8-9-16(3)13(10-14)11-6-4-5-7-12(11)15;1-5(2,3)7-4-6/h4-7,10H,8-9H2,1-3H3;4H,1-3H3. The van der Waals surface area contributed by atoms with E-state index in [4.69, 9.17) is 11.6 Å². The molecular weight excluding hydrogens is 310 g/mol. The summed E-state index contributed by atoms with van der Waals surface area (Å²) in [6.07, 6.45) is 3.52. The van der Waals surface area contributed by atoms with Gasteiger partial charge in [-0.15, -0.1) is 0 Å². The van der Waals surface area contributed by atoms with Crippen molar-refractivity contribution in [2.45, 2.75) is 46.6 Å². The Morgan fingerprint density at radius 1 is 1.26 bits per heavy atom. The molecule has 0 fully saturated rings. The van der Waals surface area contributed by atoms with Gasteiger partial charge in [-0.1, -0.05) is 49.7 Å². The minimum absolute atomic E-state index is 0.265. The van der Waals surface area contributed by atoms with E-state index in [0.29, 0.717) is 6.47 Å². The Balaban J connectivity index is 0.000000322. The molecule has 4 heteroatoms. The smallest absolute Gasteiger partial charge is 0.293 e. The van der Waals surface area contributed by atoms with Gasteiger partial charge in [0.15, 0.2) is 0 Å². The van der Waals surface area contributed by atoms with Gasteiger partial charge in [0.25, 0.3) is 6.47 Å². The monoisotopic (exact) mass is 337 g/mol. The van der Waals surface area contributed by atoms with E-state index in [1.54, 1.807) is 0 Å². The number of benzene rings is 1. The van der Waals surface area contributed by atoms with Gasteiger partial charge in [-0.3, -0.25) is 4.79 Å². The largest absolute Gasteiger partial charge is 0.462 e. The Hall–Kier alpha value is -1.48. The fourth-order valence-corrected chi connectivity index (χ4v) is 2.46. The second kappa shape index (κ2) is 7.87. The second-order valence-electron chi connectivity index (χ2n) is 7.50. The average Bonchev–Trinajstić information content (AvgIpc) is 2.42. The summed E-state index contributed by atoms with van der Waals surface area (Å²) in [5, 5.41) is 0.832. The van der Waals surface area contributed by atoms with Crippen LogP contribution in [0.15, 0.2) is 30.3 Å². The Kier molecular flexibility index (Phi) is 6.69. The van der Waals surface area contributed by atoms with Crippen molar-refractivity contribution in [2.24, 2.45) is 5.41 Å². The summed E-state index contributed by atoms with van der Waals surface area (Å²) in [6, 6.07) is 8.05. The molecule has 1 aliphatic rings. The lowest BCUT2D eigenvalue weighted by Crippen LogP contribution is -2.29. The lowest BCUT2D eigenvalue weighted by Gasteiger charge is -2.35. The number of nitrogens with zero attached hydrogens (tertiary/aromatic N) is 1. The predicted molar refractivity (Wildman–Crippen MR) is 97.4 cm³/mol. The predicted octanol–water partition coefficient (Wildman–Crippen LogP) is 5.00. The lowest BCUT2D eigenvalue weighted by atomic mass is 9.84. The number of rotatable bonds is 2. The van der Waals surface area contributed by atoms with E-state index in [1.807, 2.05) is 39.0 Å². The minimum Gasteiger partial charge on any atom is -0.462 e. The van der Waals surface area contributed by atoms with E-state index in [9.17, 15) is 4.79 Å². The third-order valence-corrected chi connectivity index (χ3v) is 3.91. The number of hydrogen-bond acceptors (Lipinski definition) is 3. The van der Waals surface area contributed by atoms with Gasteiger partial charge in [-0.2, -0.15) is 0 Å². The molecule has 23 heavy (non-hydrogen) atoms. The van der Waals surface area contributed by atoms with Crippen molar-refractivity contribution in [1.29, 1.82) is 0 Å². The first-order chi connectivity index (χ1) is 10.6. The first-order valence-corrected chi connectivity index (χ1v) is 8.24. The molecular formula is C19H28ClNO2. The second-order valence-corrected chi connectivity index (χ2v) is 7.90. The number of carbonyl (C=O) groups is 1. The third kappa shape index (κ3) is 6.66. The molecule has 0 unspecified atom stereocenters. The Morgan fingerprint density at radius 3 is 2.35 bits per heavy atom. The van der Waals surface area contributed by atoms with Crippen LogP contribution < -0.4 is 0 Å². The van der Waals surface area contributed by atoms with E-state index in [-0.39, 0.29) is 11.0 Å². The van der Waals surface area contributed by atoms with Crippen LogP contribution in [0.1, 0.15) is 46.6 Å². The summed E-state index contributed by atoms with van der Waals surface area (Å²) >= 11 is 6.25. The molecule has 0 amide bonds. The molecule has 0 aromatic heterocycles. The van der Waals surface area contributed by atoms with Gasteiger partial charge in [0, 0.05) is 29.9 Å². The number of ether oxygens (including phenoxy) is 1. The van der Waals surface area contributed by atoms with Crippen LogP contribution in [0.5, 0.6) is 0 Å². The van der Waals surface area contributed by atoms with Crippen molar-refractivity contribution in [1.82, 2.24) is 4.90 Å². The van der Waals surface area contributed by atoms with E-state index < -0.39 is 0 Å². The highest BCUT2D eigenvalue weighted by Crippen LogP contribution is 2.36. The van der Waals surface area contributed by atoms with Crippen molar-refractivity contribution in [2.75, 3.05) is 13.6 Å². The molecule has 0 aliphatic carbocycles. The fraction of sp³-hybridized carbons (Fsp3) is 0.526. The molecule has 0 saturated heterocycles. The van der Waals surface area contributed by atoms with Gasteiger partial charge < -0.3 is 9.64 Å². The number of halogens is 1. The van der Waals surface area contributed by atoms with Gasteiger partial charge in [0.2, 0.25) is 0 Å². The maximum Gasteiger partial charge on any atom is 0.293 e. The topological polar surface area (TPSA) is 29.5 Å². The highest BCUT2D eigenvalue weighted by atomic mass is 35.5. The van der Waals surface area contributed by atoms with Crippen LogP contribution in [0.3, 0.4) is 0 Å². The highest BCUT2D eigenvalue weighted by Gasteiger charge is 2.24. The first-order valence-electron chi connectivity index (χ1n) is 7.86. The molecule has 2 rings (SSSR count). The number of carbonyl (C=O) groups excluding carboxylic acids is 1. The summed E-state index contributed by atoms with van der Waals surface area (Å²) in [5.41, 5.74) is 2.34. The van der Waals surface area contributed by atoms with Crippen molar-refractivity contribution >= 4 is 23.8 Å². The van der Waals surface area contributed by atoms with Crippen molar-refractivity contribution in [3.63, 3.8) is 0 Å². The van der Waals surface area contributed by atoms with Crippen molar-refractivity contribution < 1.29 is 9.53 Å². The van der Waals surface area contributed by atoms with Crippen LogP contribution in [-0.2, 0) is 9.53 Å². The first kappa shape index (κ1) is 19.6. The Labute approximate surface area is 145 Å². The zero-order chi connectivity index (χ0) is 17.7. The molecule has 0 bridgehead atoms. The van der Waals surface area contributed by atoms with Crippen LogP contribution in [0.2, 0.25) is 5.02 Å². The van der Waals surface area contributed by atoms with E-state index in [2.05, 4.69) is 42.7 Å². The Morgan fingerprint density at radius 2 is 1.87 bits per heavy atom. The molecule has 1 aromatic carbocycles. The highest BCUT2D eigenvalue weighted by molar-refractivity contribution is 6.32. The van der Waals surface area contributed by atoms with Crippen LogP contribution in [0, 0.1) is 5.41 Å². The quantitative estimate of drug-likeness (QED) is 0.711. The van der Waals surface area contributed by atoms with Crippen molar-refractivity contribution in [3.05, 3.63) is 40.9 Å². The summed E-state index contributed by atoms with van der Waals surface area (Å²) in [7, 11) is 2.13. The lowest BCUT2D eigenvalue weighted by molar-refractivity contribution is -0.138. The molecule has 0 saturated carbocycles.